The van der Waals surface area contributed by atoms with Crippen molar-refractivity contribution in [3.05, 3.63) is 29.6 Å². The molecule has 0 spiro atoms. The SMILES string of the molecule is C[C@@H]1[C@H]2C[C@@H](C[C@H]1Nc1nc(O)c(C=C3C=Nc4ncccc43)[nH]1)C2(C)C. The molecule has 2 aromatic heterocycles. The summed E-state index contributed by atoms with van der Waals surface area (Å²) in [5, 5.41) is 13.8. The number of pyridine rings is 1. The van der Waals surface area contributed by atoms with Crippen molar-refractivity contribution in [2.45, 2.75) is 39.7 Å². The zero-order chi connectivity index (χ0) is 18.8. The summed E-state index contributed by atoms with van der Waals surface area (Å²) in [4.78, 5) is 16.1. The first kappa shape index (κ1) is 16.5. The maximum atomic E-state index is 10.3. The van der Waals surface area contributed by atoms with Gasteiger partial charge in [0.15, 0.2) is 5.82 Å². The van der Waals surface area contributed by atoms with Gasteiger partial charge in [0.05, 0.1) is 0 Å². The van der Waals surface area contributed by atoms with E-state index in [1.807, 2.05) is 18.2 Å². The molecule has 6 nitrogen and oxygen atoms in total. The van der Waals surface area contributed by atoms with E-state index < -0.39 is 0 Å². The minimum absolute atomic E-state index is 0.00434. The van der Waals surface area contributed by atoms with Crippen molar-refractivity contribution >= 4 is 29.6 Å². The number of anilines is 1. The fraction of sp³-hybridized carbons (Fsp3) is 0.476. The van der Waals surface area contributed by atoms with E-state index in [0.29, 0.717) is 34.8 Å². The molecule has 27 heavy (non-hydrogen) atoms. The molecule has 2 aromatic rings. The van der Waals surface area contributed by atoms with E-state index in [2.05, 4.69) is 46.0 Å². The van der Waals surface area contributed by atoms with Crippen molar-refractivity contribution in [1.82, 2.24) is 15.0 Å². The van der Waals surface area contributed by atoms with E-state index in [1.165, 1.54) is 6.42 Å². The summed E-state index contributed by atoms with van der Waals surface area (Å²) in [6.45, 7) is 7.14. The number of allylic oxidation sites excluding steroid dienone is 1. The Hall–Kier alpha value is -2.63. The van der Waals surface area contributed by atoms with Gasteiger partial charge in [-0.05, 0) is 54.2 Å². The van der Waals surface area contributed by atoms with Gasteiger partial charge in [-0.2, -0.15) is 4.98 Å². The van der Waals surface area contributed by atoms with Crippen LogP contribution in [0.2, 0.25) is 0 Å². The van der Waals surface area contributed by atoms with Crippen LogP contribution in [0, 0.1) is 23.2 Å². The Balaban J connectivity index is 1.36. The third-order valence-electron chi connectivity index (χ3n) is 7.11. The highest BCUT2D eigenvalue weighted by atomic mass is 16.3. The van der Waals surface area contributed by atoms with Crippen LogP contribution in [0.3, 0.4) is 0 Å². The molecule has 6 rings (SSSR count). The van der Waals surface area contributed by atoms with E-state index in [0.717, 1.165) is 29.4 Å². The number of hydrogen-bond acceptors (Lipinski definition) is 5. The number of aromatic nitrogens is 3. The van der Waals surface area contributed by atoms with Gasteiger partial charge in [-0.1, -0.05) is 20.8 Å². The van der Waals surface area contributed by atoms with Gasteiger partial charge in [-0.15, -0.1) is 0 Å². The molecule has 4 aliphatic rings. The third-order valence-corrected chi connectivity index (χ3v) is 7.11. The van der Waals surface area contributed by atoms with Crippen molar-refractivity contribution in [2.75, 3.05) is 5.32 Å². The lowest BCUT2D eigenvalue weighted by molar-refractivity contribution is -0.105. The smallest absolute Gasteiger partial charge is 0.238 e. The van der Waals surface area contributed by atoms with Gasteiger partial charge in [0, 0.05) is 29.6 Å². The van der Waals surface area contributed by atoms with Crippen LogP contribution in [0.1, 0.15) is 44.9 Å². The molecule has 140 valence electrons. The largest absolute Gasteiger partial charge is 0.492 e. The molecule has 0 amide bonds. The van der Waals surface area contributed by atoms with Crippen LogP contribution in [0.5, 0.6) is 5.88 Å². The number of rotatable bonds is 3. The number of aromatic hydroxyl groups is 1. The number of fused-ring (bicyclic) bond motifs is 3. The van der Waals surface area contributed by atoms with Crippen LogP contribution in [-0.2, 0) is 0 Å². The molecular weight excluding hydrogens is 338 g/mol. The van der Waals surface area contributed by atoms with Crippen LogP contribution >= 0.6 is 0 Å². The second-order valence-electron chi connectivity index (χ2n) is 8.76. The zero-order valence-corrected chi connectivity index (χ0v) is 15.9. The summed E-state index contributed by atoms with van der Waals surface area (Å²) in [7, 11) is 0. The Kier molecular flexibility index (Phi) is 3.48. The second-order valence-corrected chi connectivity index (χ2v) is 8.76. The monoisotopic (exact) mass is 363 g/mol. The molecule has 1 aliphatic heterocycles. The molecule has 3 heterocycles. The van der Waals surface area contributed by atoms with Gasteiger partial charge in [0.25, 0.3) is 0 Å². The van der Waals surface area contributed by atoms with Crippen LogP contribution in [-0.4, -0.2) is 32.3 Å². The second kappa shape index (κ2) is 5.68. The van der Waals surface area contributed by atoms with Crippen molar-refractivity contribution in [2.24, 2.45) is 28.2 Å². The molecule has 3 fully saturated rings. The number of imidazole rings is 1. The Labute approximate surface area is 158 Å². The average molecular weight is 363 g/mol. The van der Waals surface area contributed by atoms with Crippen LogP contribution in [0.25, 0.3) is 11.6 Å². The summed E-state index contributed by atoms with van der Waals surface area (Å²) in [5.74, 6) is 3.48. The lowest BCUT2D eigenvalue weighted by Crippen LogP contribution is -2.58. The molecular formula is C21H25N5O. The fourth-order valence-corrected chi connectivity index (χ4v) is 5.26. The first-order valence-corrected chi connectivity index (χ1v) is 9.70. The van der Waals surface area contributed by atoms with Gasteiger partial charge >= 0.3 is 0 Å². The van der Waals surface area contributed by atoms with Gasteiger partial charge in [-0.25, -0.2) is 9.98 Å². The maximum absolute atomic E-state index is 10.3. The predicted octanol–water partition coefficient (Wildman–Crippen LogP) is 4.25. The van der Waals surface area contributed by atoms with E-state index in [4.69, 9.17) is 0 Å². The summed E-state index contributed by atoms with van der Waals surface area (Å²) in [6, 6.07) is 4.26. The van der Waals surface area contributed by atoms with E-state index in [9.17, 15) is 5.11 Å². The highest BCUT2D eigenvalue weighted by Gasteiger charge is 2.56. The molecule has 0 aromatic carbocycles. The normalized spacial score (nSPS) is 31.6. The van der Waals surface area contributed by atoms with Crippen molar-refractivity contribution < 1.29 is 5.11 Å². The number of aromatic amines is 1. The number of nitrogens with zero attached hydrogens (tertiary/aromatic N) is 3. The zero-order valence-electron chi connectivity index (χ0n) is 15.9. The van der Waals surface area contributed by atoms with E-state index in [-0.39, 0.29) is 5.88 Å². The van der Waals surface area contributed by atoms with Crippen molar-refractivity contribution in [3.8, 4) is 5.88 Å². The van der Waals surface area contributed by atoms with Crippen molar-refractivity contribution in [1.29, 1.82) is 0 Å². The summed E-state index contributed by atoms with van der Waals surface area (Å²) in [5.41, 5.74) is 2.92. The van der Waals surface area contributed by atoms with Gasteiger partial charge in [-0.3, -0.25) is 0 Å². The highest BCUT2D eigenvalue weighted by molar-refractivity contribution is 6.20. The molecule has 3 N–H and O–H groups in total. The number of H-pyrrole nitrogens is 1. The average Bonchev–Trinajstić information content (AvgIpc) is 3.20. The molecule has 0 radical (unpaired) electrons. The number of nitrogens with one attached hydrogen (secondary N) is 2. The number of hydrogen-bond donors (Lipinski definition) is 3. The van der Waals surface area contributed by atoms with E-state index >= 15 is 0 Å². The van der Waals surface area contributed by atoms with E-state index in [1.54, 1.807) is 12.4 Å². The maximum Gasteiger partial charge on any atom is 0.238 e. The van der Waals surface area contributed by atoms with Crippen LogP contribution < -0.4 is 5.32 Å². The Morgan fingerprint density at radius 1 is 1.33 bits per heavy atom. The van der Waals surface area contributed by atoms with Gasteiger partial charge < -0.3 is 15.4 Å². The summed E-state index contributed by atoms with van der Waals surface area (Å²) in [6.07, 6.45) is 7.87. The molecule has 0 unspecified atom stereocenters. The minimum atomic E-state index is 0.00434. The third kappa shape index (κ3) is 2.50. The molecule has 3 saturated carbocycles. The molecule has 3 aliphatic carbocycles. The topological polar surface area (TPSA) is 86.2 Å². The molecule has 0 saturated heterocycles. The minimum Gasteiger partial charge on any atom is -0.492 e. The lowest BCUT2D eigenvalue weighted by atomic mass is 9.45. The first-order chi connectivity index (χ1) is 12.9. The fourth-order valence-electron chi connectivity index (χ4n) is 5.26. The van der Waals surface area contributed by atoms with Crippen molar-refractivity contribution in [3.63, 3.8) is 0 Å². The highest BCUT2D eigenvalue weighted by Crippen LogP contribution is 2.61. The van der Waals surface area contributed by atoms with Crippen LogP contribution in [0.4, 0.5) is 11.8 Å². The summed E-state index contributed by atoms with van der Waals surface area (Å²) < 4.78 is 0. The standard InChI is InChI=1S/C21H25N5O/c1-11-15-8-13(21(15,2)3)9-16(11)24-20-25-17(19(27)26-20)7-12-10-23-18-14(12)5-4-6-22-18/h4-7,10-11,13,15-16,27H,8-9H2,1-3H3,(H2,24,25,26)/t11-,13+,15-,16-/m1/s1. The number of aliphatic imine (C=N–C) groups is 1. The molecule has 4 atom stereocenters. The quantitative estimate of drug-likeness (QED) is 0.761. The van der Waals surface area contributed by atoms with Gasteiger partial charge in [0.1, 0.15) is 5.69 Å². The summed E-state index contributed by atoms with van der Waals surface area (Å²) >= 11 is 0. The van der Waals surface area contributed by atoms with Gasteiger partial charge in [0.2, 0.25) is 11.8 Å². The molecule has 2 bridgehead atoms. The Morgan fingerprint density at radius 3 is 2.96 bits per heavy atom. The Bertz CT molecular complexity index is 957. The lowest BCUT2D eigenvalue weighted by Gasteiger charge is -2.62. The van der Waals surface area contributed by atoms with Crippen LogP contribution in [0.15, 0.2) is 23.3 Å². The molecule has 6 heteroatoms. The Morgan fingerprint density at radius 2 is 2.19 bits per heavy atom. The predicted molar refractivity (Wildman–Crippen MR) is 107 cm³/mol. The first-order valence-electron chi connectivity index (χ1n) is 9.70.